The molecule has 2 rings (SSSR count). The van der Waals surface area contributed by atoms with Crippen molar-refractivity contribution in [1.82, 2.24) is 0 Å². The van der Waals surface area contributed by atoms with E-state index in [0.29, 0.717) is 27.2 Å². The highest BCUT2D eigenvalue weighted by Gasteiger charge is 2.13. The van der Waals surface area contributed by atoms with E-state index in [4.69, 9.17) is 10.5 Å². The molecule has 0 saturated heterocycles. The highest BCUT2D eigenvalue weighted by molar-refractivity contribution is 9.11. The van der Waals surface area contributed by atoms with Gasteiger partial charge in [0.2, 0.25) is 0 Å². The van der Waals surface area contributed by atoms with Gasteiger partial charge in [0.25, 0.3) is 5.91 Å². The quantitative estimate of drug-likeness (QED) is 0.734. The Hall–Kier alpha value is -1.53. The van der Waals surface area contributed by atoms with Crippen molar-refractivity contribution in [2.24, 2.45) is 0 Å². The van der Waals surface area contributed by atoms with Crippen LogP contribution in [0.5, 0.6) is 5.75 Å². The second kappa shape index (κ2) is 6.49. The zero-order chi connectivity index (χ0) is 15.6. The van der Waals surface area contributed by atoms with Gasteiger partial charge >= 0.3 is 0 Å². The van der Waals surface area contributed by atoms with Crippen LogP contribution in [0.1, 0.15) is 15.9 Å². The first-order valence-corrected chi connectivity index (χ1v) is 7.71. The van der Waals surface area contributed by atoms with Crippen LogP contribution < -0.4 is 15.8 Å². The number of carbonyl (C=O) groups excluding carboxylic acids is 1. The fourth-order valence-electron chi connectivity index (χ4n) is 1.87. The van der Waals surface area contributed by atoms with E-state index in [0.717, 1.165) is 10.0 Å². The summed E-state index contributed by atoms with van der Waals surface area (Å²) in [5, 5.41) is 2.81. The molecule has 0 heterocycles. The summed E-state index contributed by atoms with van der Waals surface area (Å²) < 4.78 is 6.77. The zero-order valence-corrected chi connectivity index (χ0v) is 14.7. The second-order valence-electron chi connectivity index (χ2n) is 4.49. The molecule has 0 saturated carbocycles. The standard InChI is InChI=1S/C15H14Br2N2O2/c1-8-3-4-9(5-13(8)21-2)15(20)19-14-11(17)6-10(16)7-12(14)18/h3-7H,18H2,1-2H3,(H,19,20). The first-order chi connectivity index (χ1) is 9.92. The Bertz CT molecular complexity index is 679. The molecule has 0 spiro atoms. The van der Waals surface area contributed by atoms with E-state index in [-0.39, 0.29) is 5.91 Å². The molecule has 6 heteroatoms. The lowest BCUT2D eigenvalue weighted by Crippen LogP contribution is -2.14. The number of methoxy groups -OCH3 is 1. The van der Waals surface area contributed by atoms with E-state index in [1.807, 2.05) is 19.1 Å². The van der Waals surface area contributed by atoms with Gasteiger partial charge in [-0.2, -0.15) is 0 Å². The Morgan fingerprint density at radius 2 is 1.95 bits per heavy atom. The Kier molecular flexibility index (Phi) is 4.90. The Morgan fingerprint density at radius 3 is 2.57 bits per heavy atom. The van der Waals surface area contributed by atoms with E-state index in [9.17, 15) is 4.79 Å². The Morgan fingerprint density at radius 1 is 1.24 bits per heavy atom. The number of amides is 1. The molecule has 3 N–H and O–H groups in total. The van der Waals surface area contributed by atoms with E-state index in [1.54, 1.807) is 25.3 Å². The predicted octanol–water partition coefficient (Wildman–Crippen LogP) is 4.36. The molecule has 0 unspecified atom stereocenters. The third kappa shape index (κ3) is 3.57. The number of hydrogen-bond acceptors (Lipinski definition) is 3. The van der Waals surface area contributed by atoms with Crippen molar-refractivity contribution < 1.29 is 9.53 Å². The minimum Gasteiger partial charge on any atom is -0.496 e. The molecular formula is C15H14Br2N2O2. The molecule has 0 bridgehead atoms. The van der Waals surface area contributed by atoms with Crippen LogP contribution in [0.2, 0.25) is 0 Å². The van der Waals surface area contributed by atoms with Crippen molar-refractivity contribution in [1.29, 1.82) is 0 Å². The van der Waals surface area contributed by atoms with Crippen LogP contribution in [0.3, 0.4) is 0 Å². The lowest BCUT2D eigenvalue weighted by molar-refractivity contribution is 0.102. The number of benzene rings is 2. The number of nitrogen functional groups attached to an aromatic ring is 1. The Balaban J connectivity index is 2.30. The number of halogens is 2. The van der Waals surface area contributed by atoms with Crippen LogP contribution in [0.15, 0.2) is 39.3 Å². The topological polar surface area (TPSA) is 64.3 Å². The number of carbonyl (C=O) groups is 1. The van der Waals surface area contributed by atoms with Crippen molar-refractivity contribution in [3.8, 4) is 5.75 Å². The lowest BCUT2D eigenvalue weighted by atomic mass is 10.1. The van der Waals surface area contributed by atoms with Gasteiger partial charge in [0, 0.05) is 14.5 Å². The molecule has 0 atom stereocenters. The smallest absolute Gasteiger partial charge is 0.255 e. The molecule has 110 valence electrons. The summed E-state index contributed by atoms with van der Waals surface area (Å²) in [6, 6.07) is 8.84. The summed E-state index contributed by atoms with van der Waals surface area (Å²) in [7, 11) is 1.58. The maximum absolute atomic E-state index is 12.3. The number of nitrogens with two attached hydrogens (primary N) is 1. The van der Waals surface area contributed by atoms with E-state index in [1.165, 1.54) is 0 Å². The summed E-state index contributed by atoms with van der Waals surface area (Å²) in [4.78, 5) is 12.3. The maximum Gasteiger partial charge on any atom is 0.255 e. The lowest BCUT2D eigenvalue weighted by Gasteiger charge is -2.12. The molecule has 2 aromatic rings. The predicted molar refractivity (Wildman–Crippen MR) is 91.9 cm³/mol. The third-order valence-corrected chi connectivity index (χ3v) is 4.08. The highest BCUT2D eigenvalue weighted by atomic mass is 79.9. The first-order valence-electron chi connectivity index (χ1n) is 6.13. The minimum atomic E-state index is -0.247. The summed E-state index contributed by atoms with van der Waals surface area (Å²) in [6.45, 7) is 1.92. The zero-order valence-electron chi connectivity index (χ0n) is 11.5. The fourth-order valence-corrected chi connectivity index (χ4v) is 3.23. The summed E-state index contributed by atoms with van der Waals surface area (Å²) in [5.74, 6) is 0.425. The van der Waals surface area contributed by atoms with Crippen molar-refractivity contribution in [3.05, 3.63) is 50.4 Å². The molecule has 2 aromatic carbocycles. The summed E-state index contributed by atoms with van der Waals surface area (Å²) >= 11 is 6.74. The van der Waals surface area contributed by atoms with Crippen molar-refractivity contribution in [2.45, 2.75) is 6.92 Å². The molecule has 0 radical (unpaired) electrons. The Labute approximate surface area is 139 Å². The molecule has 0 aromatic heterocycles. The van der Waals surface area contributed by atoms with Gasteiger partial charge in [-0.05, 0) is 52.7 Å². The van der Waals surface area contributed by atoms with Gasteiger partial charge in [-0.3, -0.25) is 4.79 Å². The van der Waals surface area contributed by atoms with Crippen LogP contribution in [0.4, 0.5) is 11.4 Å². The van der Waals surface area contributed by atoms with Crippen molar-refractivity contribution in [3.63, 3.8) is 0 Å². The number of rotatable bonds is 3. The van der Waals surface area contributed by atoms with E-state index < -0.39 is 0 Å². The summed E-state index contributed by atoms with van der Waals surface area (Å²) in [5.41, 5.74) is 8.43. The van der Waals surface area contributed by atoms with Gasteiger partial charge in [0.05, 0.1) is 18.5 Å². The largest absolute Gasteiger partial charge is 0.496 e. The van der Waals surface area contributed by atoms with Crippen LogP contribution in [0.25, 0.3) is 0 Å². The average molecular weight is 414 g/mol. The van der Waals surface area contributed by atoms with Gasteiger partial charge < -0.3 is 15.8 Å². The number of anilines is 2. The number of hydrogen-bond donors (Lipinski definition) is 2. The monoisotopic (exact) mass is 412 g/mol. The van der Waals surface area contributed by atoms with Gasteiger partial charge in [-0.1, -0.05) is 22.0 Å². The van der Waals surface area contributed by atoms with Crippen LogP contribution in [-0.4, -0.2) is 13.0 Å². The molecule has 0 aliphatic carbocycles. The van der Waals surface area contributed by atoms with Gasteiger partial charge in [-0.15, -0.1) is 0 Å². The molecule has 21 heavy (non-hydrogen) atoms. The van der Waals surface area contributed by atoms with Crippen LogP contribution in [0, 0.1) is 6.92 Å². The van der Waals surface area contributed by atoms with E-state index >= 15 is 0 Å². The van der Waals surface area contributed by atoms with Crippen LogP contribution >= 0.6 is 31.9 Å². The first kappa shape index (κ1) is 15.9. The molecule has 0 aliphatic heterocycles. The van der Waals surface area contributed by atoms with Gasteiger partial charge in [0.15, 0.2) is 0 Å². The molecule has 1 amide bonds. The third-order valence-electron chi connectivity index (χ3n) is 2.99. The number of aryl methyl sites for hydroxylation is 1. The fraction of sp³-hybridized carbons (Fsp3) is 0.133. The normalized spacial score (nSPS) is 10.3. The molecule has 0 aliphatic rings. The van der Waals surface area contributed by atoms with Crippen molar-refractivity contribution in [2.75, 3.05) is 18.2 Å². The van der Waals surface area contributed by atoms with Crippen LogP contribution in [-0.2, 0) is 0 Å². The molecule has 0 fully saturated rings. The molecular weight excluding hydrogens is 400 g/mol. The second-order valence-corrected chi connectivity index (χ2v) is 6.26. The SMILES string of the molecule is COc1cc(C(=O)Nc2c(N)cc(Br)cc2Br)ccc1C. The van der Waals surface area contributed by atoms with Gasteiger partial charge in [-0.25, -0.2) is 0 Å². The van der Waals surface area contributed by atoms with Gasteiger partial charge in [0.1, 0.15) is 5.75 Å². The maximum atomic E-state index is 12.3. The minimum absolute atomic E-state index is 0.247. The van der Waals surface area contributed by atoms with E-state index in [2.05, 4.69) is 37.2 Å². The highest BCUT2D eigenvalue weighted by Crippen LogP contribution is 2.33. The average Bonchev–Trinajstić information content (AvgIpc) is 2.43. The number of nitrogens with one attached hydrogen (secondary N) is 1. The molecule has 4 nitrogen and oxygen atoms in total. The summed E-state index contributed by atoms with van der Waals surface area (Å²) in [6.07, 6.45) is 0. The number of ether oxygens (including phenoxy) is 1. The van der Waals surface area contributed by atoms with Crippen molar-refractivity contribution >= 4 is 49.1 Å².